The van der Waals surface area contributed by atoms with Gasteiger partial charge in [-0.05, 0) is 75.4 Å². The summed E-state index contributed by atoms with van der Waals surface area (Å²) < 4.78 is 23.1. The van der Waals surface area contributed by atoms with Crippen molar-refractivity contribution in [1.29, 1.82) is 0 Å². The molecule has 2 aromatic carbocycles. The van der Waals surface area contributed by atoms with E-state index in [2.05, 4.69) is 19.6 Å². The second-order valence-corrected chi connectivity index (χ2v) is 22.5. The lowest BCUT2D eigenvalue weighted by Crippen LogP contribution is -2.61. The van der Waals surface area contributed by atoms with E-state index in [1.807, 2.05) is 49.4 Å². The van der Waals surface area contributed by atoms with Gasteiger partial charge in [-0.1, -0.05) is 141 Å². The van der Waals surface area contributed by atoms with Crippen molar-refractivity contribution in [2.24, 2.45) is 23.5 Å². The van der Waals surface area contributed by atoms with E-state index >= 15 is 0 Å². The Balaban J connectivity index is 0.000000646. The largest absolute Gasteiger partial charge is 0.508 e. The molecule has 2 bridgehead atoms. The Hall–Kier alpha value is -5.92. The van der Waals surface area contributed by atoms with Crippen LogP contribution in [0.4, 0.5) is 0 Å². The fraction of sp³-hybridized carbons (Fsp3) is 0.508. The number of phenolic OH excluding ortho intramolecular Hbond substituents is 2. The first kappa shape index (κ1) is 71.6. The molecule has 0 saturated carbocycles. The van der Waals surface area contributed by atoms with Crippen LogP contribution in [-0.2, 0) is 34.0 Å². The minimum atomic E-state index is -2.29. The zero-order chi connectivity index (χ0) is 63.0. The fourth-order valence-electron chi connectivity index (χ4n) is 9.93. The van der Waals surface area contributed by atoms with Crippen molar-refractivity contribution in [3.05, 3.63) is 163 Å². The summed E-state index contributed by atoms with van der Waals surface area (Å²) in [5.41, 5.74) is 7.77. The topological polar surface area (TPSA) is 360 Å². The van der Waals surface area contributed by atoms with E-state index in [0.29, 0.717) is 0 Å². The maximum absolute atomic E-state index is 12.6. The van der Waals surface area contributed by atoms with Gasteiger partial charge in [0.15, 0.2) is 12.1 Å². The molecule has 2 aromatic rings. The van der Waals surface area contributed by atoms with Crippen LogP contribution in [0.25, 0.3) is 6.08 Å². The molecule has 3 aliphatic rings. The molecule has 470 valence electrons. The molecule has 5 rings (SSSR count). The van der Waals surface area contributed by atoms with Crippen LogP contribution in [0, 0.1) is 17.8 Å². The first-order valence-electron chi connectivity index (χ1n) is 28.8. The number of allylic oxidation sites excluding steroid dienone is 14. The van der Waals surface area contributed by atoms with Gasteiger partial charge in [-0.15, -0.1) is 6.58 Å². The van der Waals surface area contributed by atoms with Crippen LogP contribution in [-0.4, -0.2) is 176 Å². The number of phenols is 2. The zero-order valence-electron chi connectivity index (χ0n) is 49.0. The Labute approximate surface area is 498 Å². The minimum Gasteiger partial charge on any atom is -0.508 e. The zero-order valence-corrected chi connectivity index (χ0v) is 49.0. The first-order chi connectivity index (χ1) is 40.1. The number of hydrogen-bond donors (Lipinski definition) is 14. The molecule has 2 saturated heterocycles. The Kier molecular flexibility index (Phi) is 29.5. The van der Waals surface area contributed by atoms with Gasteiger partial charge in [0, 0.05) is 42.9 Å². The predicted molar refractivity (Wildman–Crippen MR) is 320 cm³/mol. The molecule has 20 heteroatoms. The summed E-state index contributed by atoms with van der Waals surface area (Å²) in [6.45, 7) is 12.7. The predicted octanol–water partition coefficient (Wildman–Crippen LogP) is 4.97. The average molecular weight is 1190 g/mol. The third-order valence-electron chi connectivity index (χ3n) is 15.5. The molecular weight excluding hydrogens is 1100 g/mol. The van der Waals surface area contributed by atoms with Gasteiger partial charge in [0.25, 0.3) is 0 Å². The van der Waals surface area contributed by atoms with E-state index in [1.165, 1.54) is 13.0 Å². The summed E-state index contributed by atoms with van der Waals surface area (Å²) in [6.07, 6.45) is 9.47. The highest BCUT2D eigenvalue weighted by atomic mass is 16.7. The van der Waals surface area contributed by atoms with Crippen LogP contribution in [0.1, 0.15) is 97.1 Å². The van der Waals surface area contributed by atoms with E-state index in [1.54, 1.807) is 111 Å². The number of cyclic esters (lactones) is 1. The molecular formula is C65H91NO19. The van der Waals surface area contributed by atoms with E-state index in [-0.39, 0.29) is 48.5 Å². The quantitative estimate of drug-likeness (QED) is 0.129. The lowest BCUT2D eigenvalue weighted by atomic mass is 9.82. The number of ether oxygens (including phenoxy) is 4. The number of benzene rings is 2. The van der Waals surface area contributed by atoms with Gasteiger partial charge >= 0.3 is 11.9 Å². The maximum atomic E-state index is 12.6. The molecule has 15 N–H and O–H groups in total. The monoisotopic (exact) mass is 1190 g/mol. The highest BCUT2D eigenvalue weighted by Gasteiger charge is 2.51. The summed E-state index contributed by atoms with van der Waals surface area (Å²) in [6, 6.07) is 13.0. The van der Waals surface area contributed by atoms with Crippen molar-refractivity contribution in [2.45, 2.75) is 189 Å². The van der Waals surface area contributed by atoms with Crippen molar-refractivity contribution in [3.63, 3.8) is 0 Å². The van der Waals surface area contributed by atoms with Crippen LogP contribution >= 0.6 is 0 Å². The van der Waals surface area contributed by atoms with Crippen molar-refractivity contribution in [2.75, 3.05) is 0 Å². The van der Waals surface area contributed by atoms with Crippen molar-refractivity contribution < 1.29 is 94.9 Å². The number of hydrogen-bond acceptors (Lipinski definition) is 19. The van der Waals surface area contributed by atoms with Gasteiger partial charge in [0.2, 0.25) is 0 Å². The summed E-state index contributed by atoms with van der Waals surface area (Å²) in [4.78, 5) is 25.1. The van der Waals surface area contributed by atoms with Gasteiger partial charge in [0.1, 0.15) is 29.6 Å². The summed E-state index contributed by atoms with van der Waals surface area (Å²) in [7, 11) is 0. The van der Waals surface area contributed by atoms with E-state index < -0.39 is 147 Å². The number of carboxylic acids is 1. The maximum Gasteiger partial charge on any atom is 0.311 e. The van der Waals surface area contributed by atoms with Crippen molar-refractivity contribution in [1.82, 2.24) is 0 Å². The number of nitrogens with two attached hydrogens (primary N) is 1. The normalized spacial score (nSPS) is 38.1. The van der Waals surface area contributed by atoms with Gasteiger partial charge in [-0.2, -0.15) is 0 Å². The SMILES string of the molecule is C=CC(C)(/C=C\c1ccc(O)cc1)c1ccc(O)cc1.C[C@H]1[C@H](O)[C@@H](C)/C=C/C=C/C=C/C=C/C=C/C=C/C=C/[C@H](O[C@@H]2O[C@H](C)[C@@H](O)[C@H](N)[C@@H]2O)C[C@@H]2O[C@](O)(C[C@@H](O)C[C@@H](O)CC[C@H](O)[C@@H](O)C[C@@H](O)CC(=O)O[C@H]1C)C[C@H](O)[C@H]2C(=O)O. The highest BCUT2D eigenvalue weighted by Crippen LogP contribution is 2.38. The number of aliphatic hydroxyl groups excluding tert-OH is 9. The van der Waals surface area contributed by atoms with Crippen LogP contribution in [0.15, 0.2) is 152 Å². The van der Waals surface area contributed by atoms with Crippen LogP contribution < -0.4 is 5.73 Å². The number of fused-ring (bicyclic) bond motifs is 2. The van der Waals surface area contributed by atoms with Crippen molar-refractivity contribution in [3.8, 4) is 11.5 Å². The Morgan fingerprint density at radius 2 is 1.22 bits per heavy atom. The number of aliphatic hydroxyl groups is 10. The molecule has 0 radical (unpaired) electrons. The fourth-order valence-corrected chi connectivity index (χ4v) is 9.93. The number of aliphatic carboxylic acids is 1. The van der Waals surface area contributed by atoms with Gasteiger partial charge in [-0.25, -0.2) is 0 Å². The number of carbonyl (C=O) groups is 2. The van der Waals surface area contributed by atoms with E-state index in [9.17, 15) is 76.0 Å². The van der Waals surface area contributed by atoms with E-state index in [0.717, 1.165) is 11.1 Å². The Morgan fingerprint density at radius 1 is 0.671 bits per heavy atom. The lowest BCUT2D eigenvalue weighted by molar-refractivity contribution is -0.308. The number of carboxylic acid groups (broad SMARTS) is 1. The molecule has 3 heterocycles. The lowest BCUT2D eigenvalue weighted by Gasteiger charge is -2.45. The van der Waals surface area contributed by atoms with Crippen LogP contribution in [0.3, 0.4) is 0 Å². The molecule has 85 heavy (non-hydrogen) atoms. The van der Waals surface area contributed by atoms with Crippen LogP contribution in [0.2, 0.25) is 0 Å². The summed E-state index contributed by atoms with van der Waals surface area (Å²) in [5.74, 6) is -6.31. The molecule has 3 aliphatic heterocycles. The Bertz CT molecular complexity index is 2600. The molecule has 0 amide bonds. The minimum absolute atomic E-state index is 0.140. The smallest absolute Gasteiger partial charge is 0.311 e. The number of esters is 1. The molecule has 1 unspecified atom stereocenters. The first-order valence-corrected chi connectivity index (χ1v) is 28.8. The molecule has 0 aromatic heterocycles. The number of aromatic hydroxyl groups is 2. The van der Waals surface area contributed by atoms with Gasteiger partial charge in [-0.3, -0.25) is 9.59 Å². The molecule has 0 spiro atoms. The second-order valence-electron chi connectivity index (χ2n) is 22.5. The summed E-state index contributed by atoms with van der Waals surface area (Å²) in [5, 5.41) is 137. The molecule has 0 aliphatic carbocycles. The molecule has 20 nitrogen and oxygen atoms in total. The van der Waals surface area contributed by atoms with Crippen LogP contribution in [0.5, 0.6) is 11.5 Å². The molecule has 20 atom stereocenters. The third kappa shape index (κ3) is 23.7. The van der Waals surface area contributed by atoms with Gasteiger partial charge < -0.3 is 91.1 Å². The molecule has 2 fully saturated rings. The van der Waals surface area contributed by atoms with Crippen molar-refractivity contribution >= 4 is 18.0 Å². The summed E-state index contributed by atoms with van der Waals surface area (Å²) >= 11 is 0. The third-order valence-corrected chi connectivity index (χ3v) is 15.5. The average Bonchev–Trinajstić information content (AvgIpc) is 3.21. The number of carbonyl (C=O) groups excluding carboxylic acids is 1. The standard InChI is InChI=1S/C47H73NO17.C18H18O2/c1-27-17-15-13-11-9-7-5-6-8-10-12-14-16-18-34(64-46-44(58)41(48)43(57)30(4)63-46)24-38-40(45(59)60)37(54)26-47(61,65-38)25-33(51)21-31(49)19-20-35(52)36(53)22-32(50)23-39(55)62-29(3)28(2)42(27)56;1-3-18(2,15-6-10-17(20)11-7-15)13-12-14-4-8-16(19)9-5-14/h5-18,27-38,40-44,46,49-54,56-58,61H,19-26,48H2,1-4H3,(H,59,60);3-13,19-20H,1H2,2H3/b6-5+,9-7+,10-8+,13-11+,14-12+,17-15+,18-16+;13-12-/t27-,28+,29-,30+,31-,32+,33-,34-,35-,36-,37-,38-,40+,41-,42+,43+,44-,46-,47+;/m0./s1. The Morgan fingerprint density at radius 3 is 1.79 bits per heavy atom. The second kappa shape index (κ2) is 35.0. The highest BCUT2D eigenvalue weighted by molar-refractivity contribution is 5.72. The number of rotatable bonds is 7. The van der Waals surface area contributed by atoms with Gasteiger partial charge in [0.05, 0.1) is 79.6 Å². The van der Waals surface area contributed by atoms with E-state index in [4.69, 9.17) is 24.7 Å².